The van der Waals surface area contributed by atoms with E-state index >= 15 is 0 Å². The molecule has 0 unspecified atom stereocenters. The number of hydrogen-bond donors (Lipinski definition) is 1. The number of benzene rings is 1. The van der Waals surface area contributed by atoms with Crippen LogP contribution in [-0.2, 0) is 0 Å². The normalized spacial score (nSPS) is 13.1. The van der Waals surface area contributed by atoms with Crippen LogP contribution in [0.1, 0.15) is 0 Å². The van der Waals surface area contributed by atoms with Gasteiger partial charge in [0.05, 0.1) is 18.1 Å². The maximum Gasteiger partial charge on any atom is 0.231 e. The lowest BCUT2D eigenvalue weighted by Gasteiger charge is -2.01. The van der Waals surface area contributed by atoms with Crippen LogP contribution >= 0.6 is 0 Å². The topological polar surface area (TPSA) is 56.5 Å². The van der Waals surface area contributed by atoms with E-state index in [1.807, 2.05) is 18.2 Å². The van der Waals surface area contributed by atoms with Crippen molar-refractivity contribution in [3.05, 3.63) is 30.6 Å². The zero-order valence-corrected chi connectivity index (χ0v) is 7.75. The fourth-order valence-corrected chi connectivity index (χ4v) is 1.48. The van der Waals surface area contributed by atoms with E-state index in [1.165, 1.54) is 12.4 Å². The predicted molar refractivity (Wildman–Crippen MR) is 51.4 cm³/mol. The summed E-state index contributed by atoms with van der Waals surface area (Å²) in [6, 6.07) is 5.48. The molecule has 1 aromatic carbocycles. The molecule has 2 aromatic rings. The number of ether oxygens (including phenoxy) is 2. The molecule has 1 aliphatic rings. The Morgan fingerprint density at radius 2 is 2.13 bits per heavy atom. The second-order valence-corrected chi connectivity index (χ2v) is 3.18. The van der Waals surface area contributed by atoms with Crippen LogP contribution in [0.3, 0.4) is 0 Å². The summed E-state index contributed by atoms with van der Waals surface area (Å²) in [6.45, 7) is 0.253. The van der Waals surface area contributed by atoms with Crippen molar-refractivity contribution in [1.29, 1.82) is 0 Å². The smallest absolute Gasteiger partial charge is 0.231 e. The lowest BCUT2D eigenvalue weighted by molar-refractivity contribution is 0.174. The predicted octanol–water partition coefficient (Wildman–Crippen LogP) is 1.31. The number of aromatic nitrogens is 2. The number of fused-ring (bicyclic) bond motifs is 1. The molecule has 1 aliphatic heterocycles. The SMILES string of the molecule is Oc1cnn(-c2ccc3c(c2)OCO3)c1. The van der Waals surface area contributed by atoms with E-state index < -0.39 is 0 Å². The van der Waals surface area contributed by atoms with Gasteiger partial charge in [0.15, 0.2) is 17.2 Å². The van der Waals surface area contributed by atoms with Gasteiger partial charge in [-0.25, -0.2) is 4.68 Å². The number of aromatic hydroxyl groups is 1. The average molecular weight is 204 g/mol. The van der Waals surface area contributed by atoms with Gasteiger partial charge < -0.3 is 14.6 Å². The highest BCUT2D eigenvalue weighted by molar-refractivity contribution is 5.49. The Labute approximate surface area is 85.5 Å². The molecule has 5 nitrogen and oxygen atoms in total. The first-order chi connectivity index (χ1) is 7.33. The van der Waals surface area contributed by atoms with Crippen LogP contribution in [-0.4, -0.2) is 21.7 Å². The van der Waals surface area contributed by atoms with Gasteiger partial charge in [-0.1, -0.05) is 0 Å². The Morgan fingerprint density at radius 1 is 1.27 bits per heavy atom. The maximum atomic E-state index is 9.17. The molecule has 1 N–H and O–H groups in total. The monoisotopic (exact) mass is 204 g/mol. The summed E-state index contributed by atoms with van der Waals surface area (Å²) in [7, 11) is 0. The molecule has 5 heteroatoms. The summed E-state index contributed by atoms with van der Waals surface area (Å²) in [6.07, 6.45) is 2.90. The molecule has 0 amide bonds. The van der Waals surface area contributed by atoms with Gasteiger partial charge in [-0.15, -0.1) is 0 Å². The molecule has 0 saturated heterocycles. The van der Waals surface area contributed by atoms with Gasteiger partial charge in [-0.3, -0.25) is 0 Å². The third kappa shape index (κ3) is 1.28. The van der Waals surface area contributed by atoms with Crippen LogP contribution < -0.4 is 9.47 Å². The molecule has 0 saturated carbocycles. The maximum absolute atomic E-state index is 9.17. The highest BCUT2D eigenvalue weighted by atomic mass is 16.7. The molecule has 0 atom stereocenters. The van der Waals surface area contributed by atoms with E-state index in [1.54, 1.807) is 4.68 Å². The number of rotatable bonds is 1. The van der Waals surface area contributed by atoms with E-state index in [4.69, 9.17) is 14.6 Å². The van der Waals surface area contributed by atoms with E-state index in [-0.39, 0.29) is 12.5 Å². The average Bonchev–Trinajstić information content (AvgIpc) is 2.84. The van der Waals surface area contributed by atoms with E-state index in [0.717, 1.165) is 11.4 Å². The van der Waals surface area contributed by atoms with Gasteiger partial charge in [0.2, 0.25) is 6.79 Å². The largest absolute Gasteiger partial charge is 0.505 e. The minimum Gasteiger partial charge on any atom is -0.505 e. The first-order valence-corrected chi connectivity index (χ1v) is 4.46. The van der Waals surface area contributed by atoms with Crippen LogP contribution in [0.25, 0.3) is 5.69 Å². The molecule has 0 radical (unpaired) electrons. The van der Waals surface area contributed by atoms with Gasteiger partial charge in [0.25, 0.3) is 0 Å². The van der Waals surface area contributed by atoms with Crippen molar-refractivity contribution in [3.63, 3.8) is 0 Å². The highest BCUT2D eigenvalue weighted by Gasteiger charge is 2.13. The van der Waals surface area contributed by atoms with Crippen LogP contribution in [0, 0.1) is 0 Å². The molecule has 76 valence electrons. The highest BCUT2D eigenvalue weighted by Crippen LogP contribution is 2.33. The summed E-state index contributed by atoms with van der Waals surface area (Å²) in [4.78, 5) is 0. The fourth-order valence-electron chi connectivity index (χ4n) is 1.48. The van der Waals surface area contributed by atoms with Crippen molar-refractivity contribution in [2.24, 2.45) is 0 Å². The first-order valence-electron chi connectivity index (χ1n) is 4.46. The summed E-state index contributed by atoms with van der Waals surface area (Å²) >= 11 is 0. The van der Waals surface area contributed by atoms with Crippen molar-refractivity contribution >= 4 is 0 Å². The van der Waals surface area contributed by atoms with Crippen molar-refractivity contribution in [2.45, 2.75) is 0 Å². The number of hydrogen-bond acceptors (Lipinski definition) is 4. The van der Waals surface area contributed by atoms with Gasteiger partial charge in [-0.05, 0) is 12.1 Å². The van der Waals surface area contributed by atoms with Crippen LogP contribution in [0.5, 0.6) is 17.2 Å². The van der Waals surface area contributed by atoms with Crippen LogP contribution in [0.2, 0.25) is 0 Å². The molecular formula is C10H8N2O3. The van der Waals surface area contributed by atoms with Gasteiger partial charge >= 0.3 is 0 Å². The second-order valence-electron chi connectivity index (χ2n) is 3.18. The molecule has 0 fully saturated rings. The molecule has 0 spiro atoms. The molecule has 15 heavy (non-hydrogen) atoms. The van der Waals surface area contributed by atoms with Crippen LogP contribution in [0.15, 0.2) is 30.6 Å². The van der Waals surface area contributed by atoms with Gasteiger partial charge in [-0.2, -0.15) is 5.10 Å². The lowest BCUT2D eigenvalue weighted by atomic mass is 10.3. The van der Waals surface area contributed by atoms with Crippen molar-refractivity contribution < 1.29 is 14.6 Å². The summed E-state index contributed by atoms with van der Waals surface area (Å²) in [5, 5.41) is 13.2. The molecule has 2 heterocycles. The Hall–Kier alpha value is -2.17. The third-order valence-electron chi connectivity index (χ3n) is 2.19. The molecule has 0 aliphatic carbocycles. The van der Waals surface area contributed by atoms with Gasteiger partial charge in [0, 0.05) is 6.07 Å². The minimum atomic E-state index is 0.132. The van der Waals surface area contributed by atoms with E-state index in [2.05, 4.69) is 5.10 Å². The van der Waals surface area contributed by atoms with Gasteiger partial charge in [0.1, 0.15) is 0 Å². The minimum absolute atomic E-state index is 0.132. The third-order valence-corrected chi connectivity index (χ3v) is 2.19. The van der Waals surface area contributed by atoms with Crippen molar-refractivity contribution in [1.82, 2.24) is 9.78 Å². The Morgan fingerprint density at radius 3 is 2.93 bits per heavy atom. The van der Waals surface area contributed by atoms with E-state index in [9.17, 15) is 0 Å². The zero-order chi connectivity index (χ0) is 10.3. The van der Waals surface area contributed by atoms with E-state index in [0.29, 0.717) is 5.75 Å². The Balaban J connectivity index is 2.06. The molecule has 0 bridgehead atoms. The standard InChI is InChI=1S/C10H8N2O3/c13-8-4-11-12(5-8)7-1-2-9-10(3-7)15-6-14-9/h1-5,13H,6H2. The first kappa shape index (κ1) is 8.16. The molecular weight excluding hydrogens is 196 g/mol. The Kier molecular flexibility index (Phi) is 1.58. The summed E-state index contributed by atoms with van der Waals surface area (Å²) in [5.74, 6) is 1.56. The van der Waals surface area contributed by atoms with Crippen molar-refractivity contribution in [3.8, 4) is 22.9 Å². The summed E-state index contributed by atoms with van der Waals surface area (Å²) in [5.41, 5.74) is 0.819. The quantitative estimate of drug-likeness (QED) is 0.760. The second kappa shape index (κ2) is 2.91. The number of nitrogens with zero attached hydrogens (tertiary/aromatic N) is 2. The summed E-state index contributed by atoms with van der Waals surface area (Å²) < 4.78 is 12.0. The van der Waals surface area contributed by atoms with Crippen molar-refractivity contribution in [2.75, 3.05) is 6.79 Å². The fraction of sp³-hybridized carbons (Fsp3) is 0.100. The lowest BCUT2D eigenvalue weighted by Crippen LogP contribution is -1.94. The zero-order valence-electron chi connectivity index (χ0n) is 7.75. The molecule has 3 rings (SSSR count). The van der Waals surface area contributed by atoms with Crippen LogP contribution in [0.4, 0.5) is 0 Å². The molecule has 1 aromatic heterocycles. The Bertz CT molecular complexity index is 507.